The SMILES string of the molecule is CCC1=C2[C@@H](CC/C(C)=C/c3ccc(O)cc3)OB(O)C[C@@H]2[C@@H]2C(=O)N(c3cccc(B(O)O)c3)C(=O)[C@@H]2C1. The standard InChI is InChI=1S/C29H33B2NO7/c1-3-19-14-23-27(29(35)32(28(23)34)21-6-4-5-20(15-21)31(37)38)24-16-30(36)39-25(26(19)24)12-7-17(2)13-18-8-10-22(33)11-9-18/h4-6,8-11,13,15,23-25,27,33,36-38H,3,7,12,14,16H2,1-2H3/b17-13+/t23-,24+,25-,27-/m1/s1. The predicted octanol–water partition coefficient (Wildman–Crippen LogP) is 2.67. The smallest absolute Gasteiger partial charge is 0.488 e. The number of phenols is 1. The molecule has 2 saturated heterocycles. The average Bonchev–Trinajstić information content (AvgIpc) is 3.17. The summed E-state index contributed by atoms with van der Waals surface area (Å²) in [7, 11) is -2.75. The van der Waals surface area contributed by atoms with Crippen LogP contribution in [0, 0.1) is 17.8 Å². The molecular formula is C29H33B2NO7. The normalized spacial score (nSPS) is 25.2. The summed E-state index contributed by atoms with van der Waals surface area (Å²) in [4.78, 5) is 28.6. The van der Waals surface area contributed by atoms with Gasteiger partial charge in [-0.1, -0.05) is 48.4 Å². The van der Waals surface area contributed by atoms with E-state index in [1.807, 2.05) is 26.0 Å². The van der Waals surface area contributed by atoms with Crippen LogP contribution in [-0.2, 0) is 14.2 Å². The van der Waals surface area contributed by atoms with Crippen LogP contribution in [0.2, 0.25) is 6.32 Å². The third kappa shape index (κ3) is 5.34. The van der Waals surface area contributed by atoms with Gasteiger partial charge in [-0.3, -0.25) is 14.5 Å². The second kappa shape index (κ2) is 11.1. The Hall–Kier alpha value is -3.17. The fraction of sp³-hybridized carbons (Fsp3) is 0.379. The first-order valence-electron chi connectivity index (χ1n) is 13.5. The van der Waals surface area contributed by atoms with Crippen LogP contribution >= 0.6 is 0 Å². The highest BCUT2D eigenvalue weighted by Crippen LogP contribution is 2.51. The highest BCUT2D eigenvalue weighted by atomic mass is 16.5. The molecule has 2 heterocycles. The van der Waals surface area contributed by atoms with E-state index >= 15 is 0 Å². The second-order valence-corrected chi connectivity index (χ2v) is 10.8. The van der Waals surface area contributed by atoms with E-state index < -0.39 is 26.1 Å². The summed E-state index contributed by atoms with van der Waals surface area (Å²) in [5.74, 6) is -1.81. The molecule has 5 rings (SSSR count). The van der Waals surface area contributed by atoms with Gasteiger partial charge in [0.15, 0.2) is 0 Å². The number of benzene rings is 2. The van der Waals surface area contributed by atoms with E-state index in [9.17, 15) is 29.8 Å². The lowest BCUT2D eigenvalue weighted by Crippen LogP contribution is -2.46. The van der Waals surface area contributed by atoms with Crippen molar-refractivity contribution in [1.29, 1.82) is 0 Å². The molecule has 0 spiro atoms. The molecule has 39 heavy (non-hydrogen) atoms. The number of amides is 2. The molecule has 3 aliphatic rings. The largest absolute Gasteiger partial charge is 0.508 e. The third-order valence-corrected chi connectivity index (χ3v) is 8.27. The van der Waals surface area contributed by atoms with E-state index in [2.05, 4.69) is 6.08 Å². The quantitative estimate of drug-likeness (QED) is 0.247. The Morgan fingerprint density at radius 2 is 1.87 bits per heavy atom. The highest BCUT2D eigenvalue weighted by Gasteiger charge is 2.57. The van der Waals surface area contributed by atoms with Crippen LogP contribution in [0.15, 0.2) is 65.3 Å². The number of hydrogen-bond acceptors (Lipinski definition) is 7. The lowest BCUT2D eigenvalue weighted by molar-refractivity contribution is -0.122. The summed E-state index contributed by atoms with van der Waals surface area (Å²) in [5, 5.41) is 39.4. The van der Waals surface area contributed by atoms with Gasteiger partial charge in [-0.25, -0.2) is 0 Å². The Morgan fingerprint density at radius 3 is 2.56 bits per heavy atom. The first kappa shape index (κ1) is 27.4. The molecular weight excluding hydrogens is 496 g/mol. The molecule has 2 aromatic rings. The maximum atomic E-state index is 13.8. The number of aromatic hydroxyl groups is 1. The predicted molar refractivity (Wildman–Crippen MR) is 150 cm³/mol. The molecule has 2 aromatic carbocycles. The molecule has 0 radical (unpaired) electrons. The van der Waals surface area contributed by atoms with Gasteiger partial charge in [0.25, 0.3) is 0 Å². The average molecular weight is 529 g/mol. The van der Waals surface area contributed by atoms with Crippen molar-refractivity contribution in [2.45, 2.75) is 52.0 Å². The number of allylic oxidation sites excluding steroid dienone is 2. The lowest BCUT2D eigenvalue weighted by atomic mass is 9.58. The Balaban J connectivity index is 1.41. The summed E-state index contributed by atoms with van der Waals surface area (Å²) < 4.78 is 6.04. The summed E-state index contributed by atoms with van der Waals surface area (Å²) >= 11 is 0. The molecule has 0 bridgehead atoms. The molecule has 2 fully saturated rings. The summed E-state index contributed by atoms with van der Waals surface area (Å²) in [5.41, 5.74) is 4.79. The van der Waals surface area contributed by atoms with Gasteiger partial charge in [0, 0.05) is 0 Å². The van der Waals surface area contributed by atoms with Gasteiger partial charge < -0.3 is 24.8 Å². The fourth-order valence-corrected chi connectivity index (χ4v) is 6.47. The van der Waals surface area contributed by atoms with Gasteiger partial charge in [0.05, 0.1) is 23.6 Å². The minimum atomic E-state index is -1.71. The number of imide groups is 1. The van der Waals surface area contributed by atoms with E-state index in [0.29, 0.717) is 18.5 Å². The molecule has 0 aromatic heterocycles. The number of carbonyl (C=O) groups is 2. The third-order valence-electron chi connectivity index (χ3n) is 8.27. The monoisotopic (exact) mass is 529 g/mol. The van der Waals surface area contributed by atoms with E-state index in [1.165, 1.54) is 17.0 Å². The van der Waals surface area contributed by atoms with Crippen molar-refractivity contribution in [3.8, 4) is 5.75 Å². The summed E-state index contributed by atoms with van der Waals surface area (Å²) in [6.07, 6.45) is 4.48. The molecule has 202 valence electrons. The fourth-order valence-electron chi connectivity index (χ4n) is 6.47. The zero-order chi connectivity index (χ0) is 27.8. The molecule has 8 nitrogen and oxygen atoms in total. The van der Waals surface area contributed by atoms with Crippen LogP contribution in [0.4, 0.5) is 5.69 Å². The zero-order valence-corrected chi connectivity index (χ0v) is 22.2. The number of anilines is 1. The number of hydrogen-bond donors (Lipinski definition) is 4. The van der Waals surface area contributed by atoms with E-state index in [-0.39, 0.29) is 41.4 Å². The molecule has 2 amide bonds. The molecule has 2 aliphatic heterocycles. The van der Waals surface area contributed by atoms with Crippen molar-refractivity contribution in [2.24, 2.45) is 17.8 Å². The number of phenolic OH excluding ortho intramolecular Hbond substituents is 1. The van der Waals surface area contributed by atoms with Gasteiger partial charge in [-0.15, -0.1) is 0 Å². The maximum Gasteiger partial charge on any atom is 0.488 e. The van der Waals surface area contributed by atoms with E-state index in [1.54, 1.807) is 24.3 Å². The van der Waals surface area contributed by atoms with Crippen molar-refractivity contribution in [1.82, 2.24) is 0 Å². The number of nitrogens with zero attached hydrogens (tertiary/aromatic N) is 1. The lowest BCUT2D eigenvalue weighted by Gasteiger charge is -2.43. The van der Waals surface area contributed by atoms with Crippen molar-refractivity contribution >= 4 is 43.3 Å². The van der Waals surface area contributed by atoms with Gasteiger partial charge in [-0.2, -0.15) is 0 Å². The molecule has 0 saturated carbocycles. The number of fused-ring (bicyclic) bond motifs is 3. The van der Waals surface area contributed by atoms with E-state index in [0.717, 1.165) is 35.1 Å². The minimum absolute atomic E-state index is 0.202. The van der Waals surface area contributed by atoms with Crippen molar-refractivity contribution in [2.75, 3.05) is 4.90 Å². The van der Waals surface area contributed by atoms with Gasteiger partial charge in [0.1, 0.15) is 5.75 Å². The Labute approximate surface area is 228 Å². The summed E-state index contributed by atoms with van der Waals surface area (Å²) in [6, 6.07) is 13.2. The molecule has 10 heteroatoms. The van der Waals surface area contributed by atoms with Crippen molar-refractivity contribution in [3.05, 3.63) is 70.8 Å². The van der Waals surface area contributed by atoms with Crippen LogP contribution in [0.25, 0.3) is 6.08 Å². The van der Waals surface area contributed by atoms with Gasteiger partial charge in [-0.05, 0) is 85.7 Å². The Bertz CT molecular complexity index is 1320. The minimum Gasteiger partial charge on any atom is -0.508 e. The molecule has 0 unspecified atom stereocenters. The Kier molecular flexibility index (Phi) is 7.82. The maximum absolute atomic E-state index is 13.8. The second-order valence-electron chi connectivity index (χ2n) is 10.8. The molecule has 4 atom stereocenters. The van der Waals surface area contributed by atoms with Crippen LogP contribution in [0.1, 0.15) is 45.1 Å². The van der Waals surface area contributed by atoms with Crippen LogP contribution < -0.4 is 10.4 Å². The Morgan fingerprint density at radius 1 is 1.13 bits per heavy atom. The first-order chi connectivity index (χ1) is 18.7. The van der Waals surface area contributed by atoms with E-state index in [4.69, 9.17) is 4.65 Å². The topological polar surface area (TPSA) is 128 Å². The van der Waals surface area contributed by atoms with Crippen molar-refractivity contribution < 1.29 is 34.4 Å². The van der Waals surface area contributed by atoms with Crippen LogP contribution in [0.3, 0.4) is 0 Å². The van der Waals surface area contributed by atoms with Crippen LogP contribution in [-0.4, -0.2) is 52.3 Å². The van der Waals surface area contributed by atoms with Gasteiger partial charge in [0.2, 0.25) is 11.8 Å². The summed E-state index contributed by atoms with van der Waals surface area (Å²) in [6.45, 7) is 4.08. The molecule has 4 N–H and O–H groups in total. The number of carbonyl (C=O) groups excluding carboxylic acids is 2. The number of rotatable bonds is 7. The van der Waals surface area contributed by atoms with Gasteiger partial charge >= 0.3 is 14.2 Å². The highest BCUT2D eigenvalue weighted by molar-refractivity contribution is 6.58. The zero-order valence-electron chi connectivity index (χ0n) is 22.2. The first-order valence-corrected chi connectivity index (χ1v) is 13.5. The van der Waals surface area contributed by atoms with Crippen molar-refractivity contribution in [3.63, 3.8) is 0 Å². The molecule has 1 aliphatic carbocycles. The van der Waals surface area contributed by atoms with Crippen LogP contribution in [0.5, 0.6) is 5.75 Å².